The molecule has 2 aromatic rings. The van der Waals surface area contributed by atoms with Gasteiger partial charge in [0.15, 0.2) is 0 Å². The molecule has 1 fully saturated rings. The zero-order chi connectivity index (χ0) is 21.4. The van der Waals surface area contributed by atoms with E-state index in [1.807, 2.05) is 35.2 Å². The number of rotatable bonds is 2. The van der Waals surface area contributed by atoms with Gasteiger partial charge in [0.2, 0.25) is 0 Å². The van der Waals surface area contributed by atoms with Crippen molar-refractivity contribution in [1.29, 1.82) is 0 Å². The number of hydrogen-bond donors (Lipinski definition) is 2. The van der Waals surface area contributed by atoms with Crippen molar-refractivity contribution in [2.24, 2.45) is 0 Å². The third-order valence-electron chi connectivity index (χ3n) is 5.80. The van der Waals surface area contributed by atoms with Crippen LogP contribution < -0.4 is 9.80 Å². The van der Waals surface area contributed by atoms with Crippen LogP contribution in [0.15, 0.2) is 42.5 Å². The Labute approximate surface area is 180 Å². The minimum atomic E-state index is -1.01. The molecule has 2 aromatic carbocycles. The van der Waals surface area contributed by atoms with E-state index in [1.165, 1.54) is 4.90 Å². The highest BCUT2D eigenvalue weighted by Gasteiger charge is 2.32. The third-order valence-corrected chi connectivity index (χ3v) is 6.12. The van der Waals surface area contributed by atoms with Crippen LogP contribution >= 0.6 is 11.6 Å². The molecule has 0 spiro atoms. The van der Waals surface area contributed by atoms with E-state index >= 15 is 0 Å². The van der Waals surface area contributed by atoms with Gasteiger partial charge >= 0.3 is 6.09 Å². The Hall–Kier alpha value is -2.77. The average Bonchev–Trinajstić information content (AvgIpc) is 3.09. The molecule has 7 nitrogen and oxygen atoms in total. The van der Waals surface area contributed by atoms with Crippen LogP contribution in [0.2, 0.25) is 5.02 Å². The van der Waals surface area contributed by atoms with E-state index in [2.05, 4.69) is 0 Å². The first-order valence-corrected chi connectivity index (χ1v) is 10.3. The van der Waals surface area contributed by atoms with Gasteiger partial charge in [0.05, 0.1) is 29.3 Å². The molecular formula is C22H24ClN3O4. The number of para-hydroxylation sites is 1. The van der Waals surface area contributed by atoms with Gasteiger partial charge in [-0.1, -0.05) is 29.8 Å². The number of β-amino-alcohol motifs (C(OH)–C–C–N with tert-alkyl or cyclic N) is 1. The second-order valence-corrected chi connectivity index (χ2v) is 8.26. The monoisotopic (exact) mass is 429 g/mol. The first-order valence-electron chi connectivity index (χ1n) is 9.97. The minimum absolute atomic E-state index is 0.223. The van der Waals surface area contributed by atoms with E-state index in [4.69, 9.17) is 11.6 Å². The predicted molar refractivity (Wildman–Crippen MR) is 115 cm³/mol. The van der Waals surface area contributed by atoms with Gasteiger partial charge in [-0.2, -0.15) is 0 Å². The lowest BCUT2D eigenvalue weighted by atomic mass is 10.1. The molecule has 4 rings (SSSR count). The number of hydrogen-bond acceptors (Lipinski definition) is 4. The summed E-state index contributed by atoms with van der Waals surface area (Å²) in [4.78, 5) is 30.2. The van der Waals surface area contributed by atoms with Crippen molar-refractivity contribution in [2.75, 3.05) is 29.4 Å². The highest BCUT2D eigenvalue weighted by molar-refractivity contribution is 6.34. The second kappa shape index (κ2) is 8.16. The number of amides is 2. The Morgan fingerprint density at radius 3 is 2.57 bits per heavy atom. The van der Waals surface area contributed by atoms with Crippen LogP contribution in [0.5, 0.6) is 0 Å². The van der Waals surface area contributed by atoms with Gasteiger partial charge in [-0.05, 0) is 43.2 Å². The standard InChI is InChI=1S/C22H24ClN3O4/c1-14-11-26(20-5-3-2-4-15(20)12-25(14)22(29)30)21(28)18-7-6-16(10-19(18)23)24-9-8-17(27)13-24/h2-7,10,14,17,27H,8-9,11-13H2,1H3,(H,29,30)/t14?,17-/m1/s1. The highest BCUT2D eigenvalue weighted by atomic mass is 35.5. The van der Waals surface area contributed by atoms with Crippen molar-refractivity contribution < 1.29 is 19.8 Å². The maximum Gasteiger partial charge on any atom is 0.407 e. The Balaban J connectivity index is 1.66. The first kappa shape index (κ1) is 20.5. The molecule has 8 heteroatoms. The maximum atomic E-state index is 13.5. The Bertz CT molecular complexity index is 983. The number of fused-ring (bicyclic) bond motifs is 1. The van der Waals surface area contributed by atoms with Crippen LogP contribution in [0.1, 0.15) is 29.3 Å². The summed E-state index contributed by atoms with van der Waals surface area (Å²) in [6.45, 7) is 3.54. The normalized spacial score (nSPS) is 21.4. The van der Waals surface area contributed by atoms with E-state index in [1.54, 1.807) is 24.0 Å². The Kier molecular flexibility index (Phi) is 5.58. The van der Waals surface area contributed by atoms with Crippen LogP contribution in [-0.2, 0) is 6.54 Å². The van der Waals surface area contributed by atoms with Crippen LogP contribution in [-0.4, -0.2) is 58.9 Å². The van der Waals surface area contributed by atoms with Crippen LogP contribution in [0.25, 0.3) is 0 Å². The van der Waals surface area contributed by atoms with Crippen molar-refractivity contribution in [3.63, 3.8) is 0 Å². The van der Waals surface area contributed by atoms with Gasteiger partial charge in [0.25, 0.3) is 5.91 Å². The second-order valence-electron chi connectivity index (χ2n) is 7.86. The number of nitrogens with zero attached hydrogens (tertiary/aromatic N) is 3. The van der Waals surface area contributed by atoms with Gasteiger partial charge in [-0.25, -0.2) is 4.79 Å². The number of halogens is 1. The van der Waals surface area contributed by atoms with Gasteiger partial charge in [0, 0.05) is 31.0 Å². The number of carbonyl (C=O) groups excluding carboxylic acids is 1. The first-order chi connectivity index (χ1) is 14.3. The zero-order valence-electron chi connectivity index (χ0n) is 16.7. The number of carbonyl (C=O) groups is 2. The molecule has 2 amide bonds. The Morgan fingerprint density at radius 2 is 1.90 bits per heavy atom. The number of carboxylic acid groups (broad SMARTS) is 1. The van der Waals surface area contributed by atoms with Crippen molar-refractivity contribution in [3.05, 3.63) is 58.6 Å². The summed E-state index contributed by atoms with van der Waals surface area (Å²) in [6.07, 6.45) is -0.653. The summed E-state index contributed by atoms with van der Waals surface area (Å²) >= 11 is 6.50. The molecule has 2 heterocycles. The van der Waals surface area contributed by atoms with Gasteiger partial charge in [-0.15, -0.1) is 0 Å². The predicted octanol–water partition coefficient (Wildman–Crippen LogP) is 3.44. The van der Waals surface area contributed by atoms with Crippen LogP contribution in [0.4, 0.5) is 16.2 Å². The van der Waals surface area contributed by atoms with Crippen LogP contribution in [0, 0.1) is 0 Å². The summed E-state index contributed by atoms with van der Waals surface area (Å²) < 4.78 is 0. The van der Waals surface area contributed by atoms with E-state index in [0.717, 1.165) is 17.8 Å². The van der Waals surface area contributed by atoms with Crippen LogP contribution in [0.3, 0.4) is 0 Å². The summed E-state index contributed by atoms with van der Waals surface area (Å²) in [6, 6.07) is 12.3. The molecule has 2 N–H and O–H groups in total. The fourth-order valence-corrected chi connectivity index (χ4v) is 4.41. The summed E-state index contributed by atoms with van der Waals surface area (Å²) in [5.74, 6) is -0.264. The average molecular weight is 430 g/mol. The van der Waals surface area contributed by atoms with Crippen molar-refractivity contribution in [1.82, 2.24) is 4.90 Å². The van der Waals surface area contributed by atoms with Gasteiger partial charge < -0.3 is 20.0 Å². The minimum Gasteiger partial charge on any atom is -0.465 e. The maximum absolute atomic E-state index is 13.5. The van der Waals surface area contributed by atoms with E-state index in [-0.39, 0.29) is 31.1 Å². The van der Waals surface area contributed by atoms with Crippen molar-refractivity contribution in [3.8, 4) is 0 Å². The fourth-order valence-electron chi connectivity index (χ4n) is 4.15. The lowest BCUT2D eigenvalue weighted by Gasteiger charge is -2.28. The molecule has 2 atom stereocenters. The molecule has 1 saturated heterocycles. The molecule has 0 radical (unpaired) electrons. The van der Waals surface area contributed by atoms with E-state index < -0.39 is 6.09 Å². The molecule has 2 aliphatic rings. The molecule has 0 aromatic heterocycles. The van der Waals surface area contributed by atoms with Gasteiger partial charge in [-0.3, -0.25) is 9.69 Å². The molecular weight excluding hydrogens is 406 g/mol. The van der Waals surface area contributed by atoms with E-state index in [9.17, 15) is 19.8 Å². The molecule has 0 bridgehead atoms. The molecule has 30 heavy (non-hydrogen) atoms. The SMILES string of the molecule is CC1CN(C(=O)c2ccc(N3CC[C@@H](O)C3)cc2Cl)c2ccccc2CN1C(=O)O. The molecule has 2 aliphatic heterocycles. The quantitative estimate of drug-likeness (QED) is 0.764. The van der Waals surface area contributed by atoms with Crippen molar-refractivity contribution >= 4 is 35.0 Å². The third kappa shape index (κ3) is 3.82. The number of aliphatic hydroxyl groups is 1. The fraction of sp³-hybridized carbons (Fsp3) is 0.364. The largest absolute Gasteiger partial charge is 0.465 e. The van der Waals surface area contributed by atoms with E-state index in [0.29, 0.717) is 29.2 Å². The zero-order valence-corrected chi connectivity index (χ0v) is 17.4. The van der Waals surface area contributed by atoms with Crippen molar-refractivity contribution in [2.45, 2.75) is 32.0 Å². The number of benzene rings is 2. The molecule has 1 unspecified atom stereocenters. The topological polar surface area (TPSA) is 84.3 Å². The smallest absolute Gasteiger partial charge is 0.407 e. The van der Waals surface area contributed by atoms with Gasteiger partial charge in [0.1, 0.15) is 0 Å². The number of anilines is 2. The molecule has 0 saturated carbocycles. The number of aliphatic hydroxyl groups excluding tert-OH is 1. The molecule has 0 aliphatic carbocycles. The summed E-state index contributed by atoms with van der Waals surface area (Å²) in [5, 5.41) is 19.7. The Morgan fingerprint density at radius 1 is 1.13 bits per heavy atom. The summed E-state index contributed by atoms with van der Waals surface area (Å²) in [5.41, 5.74) is 2.71. The molecule has 158 valence electrons. The lowest BCUT2D eigenvalue weighted by molar-refractivity contribution is 0.0970. The lowest BCUT2D eigenvalue weighted by Crippen LogP contribution is -2.44. The highest BCUT2D eigenvalue weighted by Crippen LogP contribution is 2.32. The summed E-state index contributed by atoms with van der Waals surface area (Å²) in [7, 11) is 0.